The highest BCUT2D eigenvalue weighted by Gasteiger charge is 2.21. The average molecular weight is 999 g/mol. The van der Waals surface area contributed by atoms with Gasteiger partial charge in [-0.3, -0.25) is 15.0 Å². The van der Waals surface area contributed by atoms with Gasteiger partial charge in [-0.2, -0.15) is 0 Å². The highest BCUT2D eigenvalue weighted by Crippen LogP contribution is 2.31. The van der Waals surface area contributed by atoms with E-state index in [9.17, 15) is 18.4 Å². The summed E-state index contributed by atoms with van der Waals surface area (Å²) in [4.78, 5) is 29.8. The monoisotopic (exact) mass is 999 g/mol. The second-order valence-corrected chi connectivity index (χ2v) is 22.6. The summed E-state index contributed by atoms with van der Waals surface area (Å²) in [5.74, 6) is -0.527. The van der Waals surface area contributed by atoms with E-state index in [-0.39, 0.29) is 71.1 Å². The van der Waals surface area contributed by atoms with E-state index in [2.05, 4.69) is 111 Å². The predicted octanol–water partition coefficient (Wildman–Crippen LogP) is 14.2. The number of pyridine rings is 2. The number of amidine groups is 1. The molecule has 0 aliphatic carbocycles. The largest absolute Gasteiger partial charge is 0.384 e. The first-order valence-corrected chi connectivity index (χ1v) is 23.5. The molecule has 7 aromatic rings. The van der Waals surface area contributed by atoms with E-state index in [1.54, 1.807) is 30.6 Å². The van der Waals surface area contributed by atoms with Crippen LogP contribution in [0.25, 0.3) is 21.5 Å². The van der Waals surface area contributed by atoms with Gasteiger partial charge in [-0.25, -0.2) is 18.7 Å². The quantitative estimate of drug-likeness (QED) is 0.0743. The van der Waals surface area contributed by atoms with Crippen LogP contribution in [-0.2, 0) is 27.1 Å². The van der Waals surface area contributed by atoms with E-state index in [0.29, 0.717) is 27.9 Å². The van der Waals surface area contributed by atoms with Crippen molar-refractivity contribution in [2.45, 2.75) is 146 Å². The van der Waals surface area contributed by atoms with Gasteiger partial charge in [-0.15, -0.1) is 0 Å². The third-order valence-corrected chi connectivity index (χ3v) is 11.5. The van der Waals surface area contributed by atoms with Crippen molar-refractivity contribution in [3.8, 4) is 0 Å². The van der Waals surface area contributed by atoms with E-state index in [1.807, 2.05) is 75.4 Å². The van der Waals surface area contributed by atoms with Crippen LogP contribution >= 0.6 is 0 Å². The van der Waals surface area contributed by atoms with Crippen molar-refractivity contribution in [2.75, 3.05) is 11.5 Å². The first-order chi connectivity index (χ1) is 32.5. The molecule has 0 aliphatic heterocycles. The number of carbonyl (C=O) groups is 2. The van der Waals surface area contributed by atoms with Crippen molar-refractivity contribution in [3.05, 3.63) is 178 Å². The lowest BCUT2D eigenvalue weighted by Crippen LogP contribution is -2.17. The van der Waals surface area contributed by atoms with Crippen LogP contribution in [0.1, 0.15) is 173 Å². The van der Waals surface area contributed by atoms with Gasteiger partial charge in [0.25, 0.3) is 0 Å². The van der Waals surface area contributed by atoms with Crippen LogP contribution in [0.5, 0.6) is 0 Å². The van der Waals surface area contributed by atoms with Crippen LogP contribution in [-0.4, -0.2) is 27.6 Å². The molecule has 2 amide bonds. The number of carbonyl (C=O) groups excluding carboxylic acids is 2. The Morgan fingerprint density at radius 3 is 1.37 bits per heavy atom. The summed E-state index contributed by atoms with van der Waals surface area (Å²) >= 11 is 0. The second-order valence-electron chi connectivity index (χ2n) is 22.6. The van der Waals surface area contributed by atoms with Crippen molar-refractivity contribution in [1.29, 1.82) is 5.41 Å². The number of nitrogens with two attached hydrogens (primary N) is 5. The van der Waals surface area contributed by atoms with Crippen LogP contribution in [0.15, 0.2) is 122 Å². The number of nitrogen functional groups attached to an aromatic ring is 3. The fourth-order valence-electron chi connectivity index (χ4n) is 6.93. The zero-order valence-electron chi connectivity index (χ0n) is 44.4. The molecule has 11 N–H and O–H groups in total. The molecular weight excluding hydrogens is 915 g/mol. The topological polar surface area (TPSA) is 214 Å². The molecular formula is C61H84F2N8O2. The Bertz CT molecular complexity index is 2970. The number of rotatable bonds is 3. The van der Waals surface area contributed by atoms with Crippen LogP contribution in [0.3, 0.4) is 0 Å². The number of hydrogen-bond acceptors (Lipinski definition) is 7. The van der Waals surface area contributed by atoms with Crippen molar-refractivity contribution in [2.24, 2.45) is 17.2 Å². The molecule has 0 bridgehead atoms. The van der Waals surface area contributed by atoms with Gasteiger partial charge in [0, 0.05) is 34.5 Å². The zero-order valence-corrected chi connectivity index (χ0v) is 44.4. The number of halogens is 2. The van der Waals surface area contributed by atoms with Crippen molar-refractivity contribution in [1.82, 2.24) is 9.97 Å². The fraction of sp³-hybridized carbons (Fsp3) is 0.361. The minimum atomic E-state index is -0.532. The van der Waals surface area contributed by atoms with Gasteiger partial charge in [0.15, 0.2) is 0 Å². The van der Waals surface area contributed by atoms with Crippen LogP contribution in [0, 0.1) is 17.0 Å². The Morgan fingerprint density at radius 2 is 0.890 bits per heavy atom. The molecule has 0 saturated heterocycles. The van der Waals surface area contributed by atoms with Gasteiger partial charge in [0.2, 0.25) is 11.8 Å². The summed E-state index contributed by atoms with van der Waals surface area (Å²) < 4.78 is 27.3. The lowest BCUT2D eigenvalue weighted by Gasteiger charge is -2.20. The summed E-state index contributed by atoms with van der Waals surface area (Å²) in [7, 11) is 0. The van der Waals surface area contributed by atoms with Crippen molar-refractivity contribution >= 4 is 50.8 Å². The Balaban J connectivity index is 0.000000454. The smallest absolute Gasteiger partial charge is 0.248 e. The molecule has 394 valence electrons. The minimum absolute atomic E-state index is 0. The van der Waals surface area contributed by atoms with Crippen LogP contribution in [0.2, 0.25) is 0 Å². The van der Waals surface area contributed by atoms with Crippen LogP contribution < -0.4 is 28.7 Å². The second kappa shape index (κ2) is 25.4. The number of nitrogens with one attached hydrogen (secondary N) is 1. The number of hydrogen-bond donors (Lipinski definition) is 6. The molecule has 0 atom stereocenters. The molecule has 7 rings (SSSR count). The van der Waals surface area contributed by atoms with Gasteiger partial charge < -0.3 is 28.7 Å². The maximum Gasteiger partial charge on any atom is 0.248 e. The molecule has 5 aromatic carbocycles. The summed E-state index contributed by atoms with van der Waals surface area (Å²) in [6, 6.07) is 33.1. The summed E-state index contributed by atoms with van der Waals surface area (Å²) in [6.45, 7) is 31.2. The van der Waals surface area contributed by atoms with E-state index in [0.717, 1.165) is 32.8 Å². The highest BCUT2D eigenvalue weighted by molar-refractivity contribution is 5.95. The minimum Gasteiger partial charge on any atom is -0.384 e. The van der Waals surface area contributed by atoms with E-state index < -0.39 is 5.91 Å². The first-order valence-electron chi connectivity index (χ1n) is 23.5. The molecule has 2 heterocycles. The predicted molar refractivity (Wildman–Crippen MR) is 307 cm³/mol. The third kappa shape index (κ3) is 18.7. The van der Waals surface area contributed by atoms with Gasteiger partial charge >= 0.3 is 0 Å². The van der Waals surface area contributed by atoms with Gasteiger partial charge in [-0.1, -0.05) is 179 Å². The molecule has 10 nitrogen and oxygen atoms in total. The number of aromatic nitrogens is 2. The first kappa shape index (κ1) is 63.8. The number of primary amides is 2. The Morgan fingerprint density at radius 1 is 0.452 bits per heavy atom. The zero-order chi connectivity index (χ0) is 54.0. The average Bonchev–Trinajstić information content (AvgIpc) is 3.26. The molecule has 0 spiro atoms. The lowest BCUT2D eigenvalue weighted by molar-refractivity contribution is 0.0991. The number of nitrogens with zero attached hydrogens (tertiary/aromatic N) is 2. The summed E-state index contributed by atoms with van der Waals surface area (Å²) in [6.07, 6.45) is 3.35. The fourth-order valence-corrected chi connectivity index (χ4v) is 6.93. The highest BCUT2D eigenvalue weighted by atomic mass is 19.1. The van der Waals surface area contributed by atoms with E-state index in [1.165, 1.54) is 29.3 Å². The summed E-state index contributed by atoms with van der Waals surface area (Å²) in [5, 5.41) is 10.7. The standard InChI is InChI=1S/C13H15FN2.C13H16N2.C11H14FNO.C11H16N2.C11H15NO.2CH4/c1-13(2,3)9-6-8-4-5-16-12(15)11(8)10(14)7-9;1-13(2,3)10-4-5-11-9(8-10)6-7-15-12(11)14;1-11(2,3)8-6-7(10(13)14)4-5-9(8)12;1-11(2,3)9-6-4-8(5-7-9)10(12)13;1-11(2,3)9-6-4-5-8(7-9)10(12)13;;/h4-7H,1-3H3,(H2,15,16);4-8H,1-3H3,(H2,14,15);4-6H,1-3H3,(H2,13,14);4-7H,1-3H3,(H3,12,13);4-7H,1-3H3,(H2,12,13);2*1H4. The normalized spacial score (nSPS) is 11.3. The summed E-state index contributed by atoms with van der Waals surface area (Å²) in [5.41, 5.74) is 34.0. The number of amides is 2. The number of anilines is 2. The van der Waals surface area contributed by atoms with Gasteiger partial charge in [0.1, 0.15) is 29.1 Å². The number of fused-ring (bicyclic) bond motifs is 2. The molecule has 0 saturated carbocycles. The molecule has 2 aromatic heterocycles. The maximum atomic E-state index is 13.9. The molecule has 12 heteroatoms. The van der Waals surface area contributed by atoms with Crippen LogP contribution in [0.4, 0.5) is 20.4 Å². The van der Waals surface area contributed by atoms with Crippen molar-refractivity contribution in [3.63, 3.8) is 0 Å². The molecule has 0 radical (unpaired) electrons. The Kier molecular flexibility index (Phi) is 22.2. The maximum absolute atomic E-state index is 13.9. The Hall–Kier alpha value is -7.21. The SMILES string of the molecule is C.C.CC(C)(C)c1cc(C(N)=O)ccc1F.CC(C)(C)c1cc(F)c2c(N)nccc2c1.CC(C)(C)c1ccc(C(=N)N)cc1.CC(C)(C)c1ccc2c(N)nccc2c1.CC(C)(C)c1cccc(C(N)=O)c1. The Labute approximate surface area is 435 Å². The van der Waals surface area contributed by atoms with Gasteiger partial charge in [-0.05, 0) is 114 Å². The van der Waals surface area contributed by atoms with E-state index in [4.69, 9.17) is 34.1 Å². The van der Waals surface area contributed by atoms with Gasteiger partial charge in [0.05, 0.1) is 5.39 Å². The van der Waals surface area contributed by atoms with Crippen molar-refractivity contribution < 1.29 is 18.4 Å². The molecule has 73 heavy (non-hydrogen) atoms. The molecule has 0 fully saturated rings. The molecule has 0 aliphatic rings. The lowest BCUT2D eigenvalue weighted by atomic mass is 9.85. The van der Waals surface area contributed by atoms with E-state index >= 15 is 0 Å². The molecule has 0 unspecified atom stereocenters. The third-order valence-electron chi connectivity index (χ3n) is 11.5. The number of benzene rings is 5.